The number of halogens is 1. The first kappa shape index (κ1) is 19.0. The average molecular weight is 356 g/mol. The quantitative estimate of drug-likeness (QED) is 0.762. The van der Waals surface area contributed by atoms with E-state index in [1.807, 2.05) is 19.9 Å². The summed E-state index contributed by atoms with van der Waals surface area (Å²) in [6.07, 6.45) is 0.992. The Balaban J connectivity index is 1.70. The van der Waals surface area contributed by atoms with E-state index < -0.39 is 6.10 Å². The molecule has 1 saturated heterocycles. The molecule has 5 nitrogen and oxygen atoms in total. The van der Waals surface area contributed by atoms with Crippen LogP contribution < -0.4 is 4.74 Å². The molecule has 1 fully saturated rings. The van der Waals surface area contributed by atoms with E-state index in [1.165, 1.54) is 0 Å². The first-order chi connectivity index (χ1) is 11.5. The number of aliphatic hydroxyl groups is 1. The molecule has 1 aromatic carbocycles. The minimum Gasteiger partial charge on any atom is -0.491 e. The molecule has 1 atom stereocenters. The molecule has 0 radical (unpaired) electrons. The molecule has 0 saturated carbocycles. The van der Waals surface area contributed by atoms with Crippen LogP contribution in [-0.2, 0) is 9.53 Å². The first-order valence-corrected chi connectivity index (χ1v) is 8.83. The highest BCUT2D eigenvalue weighted by Gasteiger charge is 2.26. The number of esters is 1. The lowest BCUT2D eigenvalue weighted by Crippen LogP contribution is -2.42. The van der Waals surface area contributed by atoms with Crippen LogP contribution in [0.15, 0.2) is 18.2 Å². The van der Waals surface area contributed by atoms with E-state index >= 15 is 0 Å². The van der Waals surface area contributed by atoms with Crippen LogP contribution in [0.2, 0.25) is 5.02 Å². The Hall–Kier alpha value is -1.30. The number of carbonyl (C=O) groups is 1. The zero-order chi connectivity index (χ0) is 17.5. The fourth-order valence-electron chi connectivity index (χ4n) is 2.86. The van der Waals surface area contributed by atoms with Gasteiger partial charge in [-0.25, -0.2) is 0 Å². The fraction of sp³-hybridized carbons (Fsp3) is 0.611. The topological polar surface area (TPSA) is 59.0 Å². The van der Waals surface area contributed by atoms with E-state index in [-0.39, 0.29) is 18.5 Å². The summed E-state index contributed by atoms with van der Waals surface area (Å²) in [6, 6.07) is 5.45. The second-order valence-electron chi connectivity index (χ2n) is 6.20. The van der Waals surface area contributed by atoms with Gasteiger partial charge in [-0.1, -0.05) is 11.6 Å². The van der Waals surface area contributed by atoms with Crippen LogP contribution >= 0.6 is 11.6 Å². The van der Waals surface area contributed by atoms with Crippen molar-refractivity contribution in [2.45, 2.75) is 32.8 Å². The molecule has 1 heterocycles. The third-order valence-electron chi connectivity index (χ3n) is 4.25. The highest BCUT2D eigenvalue weighted by atomic mass is 35.5. The van der Waals surface area contributed by atoms with Crippen LogP contribution in [0.1, 0.15) is 25.3 Å². The van der Waals surface area contributed by atoms with E-state index in [9.17, 15) is 9.90 Å². The van der Waals surface area contributed by atoms with E-state index in [0.29, 0.717) is 23.9 Å². The number of β-amino-alcohol motifs (C(OH)–C–C–N with tert-alkyl or cyclic N) is 1. The number of nitrogens with zero attached hydrogens (tertiary/aromatic N) is 1. The van der Waals surface area contributed by atoms with Gasteiger partial charge in [0.1, 0.15) is 18.5 Å². The molecule has 1 N–H and O–H groups in total. The average Bonchev–Trinajstić information content (AvgIpc) is 2.57. The van der Waals surface area contributed by atoms with Crippen molar-refractivity contribution in [3.05, 3.63) is 28.8 Å². The summed E-state index contributed by atoms with van der Waals surface area (Å²) in [4.78, 5) is 13.9. The predicted octanol–water partition coefficient (Wildman–Crippen LogP) is 2.66. The van der Waals surface area contributed by atoms with Gasteiger partial charge >= 0.3 is 5.97 Å². The maximum atomic E-state index is 11.7. The minimum atomic E-state index is -0.569. The molecule has 0 bridgehead atoms. The van der Waals surface area contributed by atoms with Crippen LogP contribution in [0.5, 0.6) is 5.75 Å². The lowest BCUT2D eigenvalue weighted by Gasteiger charge is -2.32. The molecule has 1 aliphatic heterocycles. The van der Waals surface area contributed by atoms with E-state index in [2.05, 4.69) is 4.90 Å². The van der Waals surface area contributed by atoms with Crippen LogP contribution in [0.3, 0.4) is 0 Å². The molecule has 1 unspecified atom stereocenters. The van der Waals surface area contributed by atoms with E-state index in [4.69, 9.17) is 21.1 Å². The number of piperidine rings is 1. The third-order valence-corrected chi connectivity index (χ3v) is 4.67. The SMILES string of the molecule is CCOC(=O)C1CCN(CC(O)COc2ccc(Cl)c(C)c2)CC1. The van der Waals surface area contributed by atoms with Crippen molar-refractivity contribution < 1.29 is 19.4 Å². The Kier molecular flexibility index (Phi) is 7.34. The Bertz CT molecular complexity index is 544. The summed E-state index contributed by atoms with van der Waals surface area (Å²) in [5.41, 5.74) is 0.949. The van der Waals surface area contributed by atoms with Crippen LogP contribution in [0.4, 0.5) is 0 Å². The smallest absolute Gasteiger partial charge is 0.309 e. The molecular formula is C18H26ClNO4. The van der Waals surface area contributed by atoms with Crippen molar-refractivity contribution in [3.63, 3.8) is 0 Å². The Morgan fingerprint density at radius 3 is 2.75 bits per heavy atom. The molecular weight excluding hydrogens is 330 g/mol. The molecule has 134 valence electrons. The summed E-state index contributed by atoms with van der Waals surface area (Å²) >= 11 is 5.98. The van der Waals surface area contributed by atoms with Crippen molar-refractivity contribution >= 4 is 17.6 Å². The van der Waals surface area contributed by atoms with Crippen LogP contribution in [0.25, 0.3) is 0 Å². The highest BCUT2D eigenvalue weighted by Crippen LogP contribution is 2.22. The maximum Gasteiger partial charge on any atom is 0.309 e. The van der Waals surface area contributed by atoms with E-state index in [0.717, 1.165) is 31.5 Å². The number of rotatable bonds is 7. The molecule has 0 aliphatic carbocycles. The van der Waals surface area contributed by atoms with Crippen molar-refractivity contribution in [3.8, 4) is 5.75 Å². The molecule has 2 rings (SSSR count). The standard InChI is InChI=1S/C18H26ClNO4/c1-3-23-18(22)14-6-8-20(9-7-14)11-15(21)12-24-16-4-5-17(19)13(2)10-16/h4-5,10,14-15,21H,3,6-9,11-12H2,1-2H3. The number of aryl methyl sites for hydroxylation is 1. The number of carbonyl (C=O) groups excluding carboxylic acids is 1. The Labute approximate surface area is 148 Å². The summed E-state index contributed by atoms with van der Waals surface area (Å²) in [6.45, 7) is 6.53. The second kappa shape index (κ2) is 9.25. The molecule has 0 aromatic heterocycles. The molecule has 1 aromatic rings. The summed E-state index contributed by atoms with van der Waals surface area (Å²) in [5, 5.41) is 10.9. The van der Waals surface area contributed by atoms with E-state index in [1.54, 1.807) is 12.1 Å². The Morgan fingerprint density at radius 1 is 1.42 bits per heavy atom. The molecule has 24 heavy (non-hydrogen) atoms. The van der Waals surface area contributed by atoms with Gasteiger partial charge in [0.25, 0.3) is 0 Å². The number of benzene rings is 1. The molecule has 1 aliphatic rings. The second-order valence-corrected chi connectivity index (χ2v) is 6.61. The van der Waals surface area contributed by atoms with Crippen LogP contribution in [-0.4, -0.2) is 54.9 Å². The van der Waals surface area contributed by atoms with Gasteiger partial charge < -0.3 is 19.5 Å². The lowest BCUT2D eigenvalue weighted by molar-refractivity contribution is -0.149. The maximum absolute atomic E-state index is 11.7. The summed E-state index contributed by atoms with van der Waals surface area (Å²) < 4.78 is 10.7. The fourth-order valence-corrected chi connectivity index (χ4v) is 2.98. The van der Waals surface area contributed by atoms with Crippen molar-refractivity contribution in [2.75, 3.05) is 32.8 Å². The zero-order valence-electron chi connectivity index (χ0n) is 14.3. The summed E-state index contributed by atoms with van der Waals surface area (Å²) in [7, 11) is 0. The highest BCUT2D eigenvalue weighted by molar-refractivity contribution is 6.31. The first-order valence-electron chi connectivity index (χ1n) is 8.45. The number of hydrogen-bond donors (Lipinski definition) is 1. The van der Waals surface area contributed by atoms with Gasteiger partial charge in [0.2, 0.25) is 0 Å². The van der Waals surface area contributed by atoms with Gasteiger partial charge in [0, 0.05) is 11.6 Å². The van der Waals surface area contributed by atoms with Gasteiger partial charge in [0.05, 0.1) is 12.5 Å². The molecule has 0 amide bonds. The minimum absolute atomic E-state index is 0.00775. The summed E-state index contributed by atoms with van der Waals surface area (Å²) in [5.74, 6) is 0.600. The zero-order valence-corrected chi connectivity index (χ0v) is 15.1. The number of likely N-dealkylation sites (tertiary alicyclic amines) is 1. The molecule has 0 spiro atoms. The van der Waals surface area contributed by atoms with Gasteiger partial charge in [-0.15, -0.1) is 0 Å². The predicted molar refractivity (Wildman–Crippen MR) is 93.5 cm³/mol. The van der Waals surface area contributed by atoms with Crippen molar-refractivity contribution in [1.29, 1.82) is 0 Å². The molecule has 6 heteroatoms. The van der Waals surface area contributed by atoms with Crippen molar-refractivity contribution in [2.24, 2.45) is 5.92 Å². The van der Waals surface area contributed by atoms with Gasteiger partial charge in [-0.2, -0.15) is 0 Å². The normalized spacial score (nSPS) is 17.5. The number of hydrogen-bond acceptors (Lipinski definition) is 5. The van der Waals surface area contributed by atoms with Gasteiger partial charge in [-0.05, 0) is 63.5 Å². The Morgan fingerprint density at radius 2 is 2.12 bits per heavy atom. The lowest BCUT2D eigenvalue weighted by atomic mass is 9.97. The van der Waals surface area contributed by atoms with Gasteiger partial charge in [0.15, 0.2) is 0 Å². The van der Waals surface area contributed by atoms with Crippen molar-refractivity contribution in [1.82, 2.24) is 4.90 Å². The van der Waals surface area contributed by atoms with Crippen LogP contribution in [0, 0.1) is 12.8 Å². The third kappa shape index (κ3) is 5.65. The number of aliphatic hydroxyl groups excluding tert-OH is 1. The number of ether oxygens (including phenoxy) is 2. The largest absolute Gasteiger partial charge is 0.491 e. The monoisotopic (exact) mass is 355 g/mol. The van der Waals surface area contributed by atoms with Gasteiger partial charge in [-0.3, -0.25) is 4.79 Å².